The number of Topliss-reactive ketones (excluding diaryl/α,β-unsaturated/α-hetero) is 1. The van der Waals surface area contributed by atoms with Crippen molar-refractivity contribution in [3.05, 3.63) is 34.9 Å². The SMILES string of the molecule is Cc1ccc(C(=O)C2CCCC2C(=O)O)cc1C. The molecule has 2 atom stereocenters. The average molecular weight is 246 g/mol. The van der Waals surface area contributed by atoms with Crippen LogP contribution in [0.5, 0.6) is 0 Å². The van der Waals surface area contributed by atoms with E-state index in [0.717, 1.165) is 17.5 Å². The highest BCUT2D eigenvalue weighted by Crippen LogP contribution is 2.34. The number of rotatable bonds is 3. The number of benzene rings is 1. The van der Waals surface area contributed by atoms with Crippen LogP contribution in [0.2, 0.25) is 0 Å². The van der Waals surface area contributed by atoms with E-state index in [9.17, 15) is 9.59 Å². The Bertz CT molecular complexity index is 491. The first-order chi connectivity index (χ1) is 8.50. The monoisotopic (exact) mass is 246 g/mol. The fraction of sp³-hybridized carbons (Fsp3) is 0.467. The van der Waals surface area contributed by atoms with Gasteiger partial charge in [-0.3, -0.25) is 9.59 Å². The molecule has 0 bridgehead atoms. The molecule has 3 nitrogen and oxygen atoms in total. The van der Waals surface area contributed by atoms with Crippen LogP contribution in [0.3, 0.4) is 0 Å². The number of hydrogen-bond donors (Lipinski definition) is 1. The van der Waals surface area contributed by atoms with E-state index >= 15 is 0 Å². The Labute approximate surface area is 107 Å². The molecule has 0 aliphatic heterocycles. The van der Waals surface area contributed by atoms with E-state index in [1.807, 2.05) is 32.0 Å². The first-order valence-corrected chi connectivity index (χ1v) is 6.35. The summed E-state index contributed by atoms with van der Waals surface area (Å²) in [6.45, 7) is 3.97. The van der Waals surface area contributed by atoms with Crippen LogP contribution in [0.25, 0.3) is 0 Å². The molecular weight excluding hydrogens is 228 g/mol. The lowest BCUT2D eigenvalue weighted by Gasteiger charge is -2.15. The Hall–Kier alpha value is -1.64. The second kappa shape index (κ2) is 4.92. The van der Waals surface area contributed by atoms with Crippen molar-refractivity contribution in [2.45, 2.75) is 33.1 Å². The summed E-state index contributed by atoms with van der Waals surface area (Å²) in [4.78, 5) is 23.5. The molecule has 0 heterocycles. The molecule has 1 saturated carbocycles. The number of hydrogen-bond acceptors (Lipinski definition) is 2. The smallest absolute Gasteiger partial charge is 0.307 e. The molecule has 0 amide bonds. The van der Waals surface area contributed by atoms with Crippen molar-refractivity contribution in [2.24, 2.45) is 11.8 Å². The standard InChI is InChI=1S/C15H18O3/c1-9-6-7-11(8-10(9)2)14(16)12-4-3-5-13(12)15(17)18/h6-8,12-13H,3-5H2,1-2H3,(H,17,18). The molecule has 96 valence electrons. The predicted octanol–water partition coefficient (Wildman–Crippen LogP) is 2.99. The van der Waals surface area contributed by atoms with Gasteiger partial charge in [0.05, 0.1) is 5.92 Å². The van der Waals surface area contributed by atoms with E-state index in [0.29, 0.717) is 18.4 Å². The Morgan fingerprint density at radius 3 is 2.39 bits per heavy atom. The summed E-state index contributed by atoms with van der Waals surface area (Å²) in [6, 6.07) is 5.60. The third kappa shape index (κ3) is 2.30. The van der Waals surface area contributed by atoms with Crippen LogP contribution in [-0.2, 0) is 4.79 Å². The highest BCUT2D eigenvalue weighted by atomic mass is 16.4. The van der Waals surface area contributed by atoms with Gasteiger partial charge in [-0.15, -0.1) is 0 Å². The Balaban J connectivity index is 2.25. The zero-order valence-electron chi connectivity index (χ0n) is 10.8. The molecule has 18 heavy (non-hydrogen) atoms. The minimum Gasteiger partial charge on any atom is -0.481 e. The van der Waals surface area contributed by atoms with Crippen molar-refractivity contribution in [3.63, 3.8) is 0 Å². The maximum atomic E-state index is 12.4. The molecule has 0 radical (unpaired) electrons. The van der Waals surface area contributed by atoms with Crippen LogP contribution in [0.15, 0.2) is 18.2 Å². The zero-order valence-corrected chi connectivity index (χ0v) is 10.8. The summed E-state index contributed by atoms with van der Waals surface area (Å²) in [6.07, 6.45) is 2.15. The zero-order chi connectivity index (χ0) is 13.3. The molecule has 0 spiro atoms. The lowest BCUT2D eigenvalue weighted by Crippen LogP contribution is -2.25. The second-order valence-electron chi connectivity index (χ2n) is 5.15. The van der Waals surface area contributed by atoms with Crippen molar-refractivity contribution in [1.29, 1.82) is 0 Å². The fourth-order valence-electron chi connectivity index (χ4n) is 2.68. The topological polar surface area (TPSA) is 54.4 Å². The Morgan fingerprint density at radius 2 is 1.78 bits per heavy atom. The fourth-order valence-corrected chi connectivity index (χ4v) is 2.68. The highest BCUT2D eigenvalue weighted by molar-refractivity contribution is 6.00. The van der Waals surface area contributed by atoms with Gasteiger partial charge in [0.25, 0.3) is 0 Å². The normalized spacial score (nSPS) is 23.0. The predicted molar refractivity (Wildman–Crippen MR) is 68.7 cm³/mol. The van der Waals surface area contributed by atoms with Crippen LogP contribution < -0.4 is 0 Å². The number of carboxylic acids is 1. The Morgan fingerprint density at radius 1 is 1.11 bits per heavy atom. The molecule has 3 heteroatoms. The maximum absolute atomic E-state index is 12.4. The molecule has 0 saturated heterocycles. The number of carbonyl (C=O) groups excluding carboxylic acids is 1. The molecule has 1 aliphatic carbocycles. The lowest BCUT2D eigenvalue weighted by atomic mass is 9.87. The summed E-state index contributed by atoms with van der Waals surface area (Å²) in [5, 5.41) is 9.13. The second-order valence-corrected chi connectivity index (χ2v) is 5.15. The molecule has 0 aromatic heterocycles. The van der Waals surface area contributed by atoms with Gasteiger partial charge in [0.2, 0.25) is 0 Å². The molecule has 1 aliphatic rings. The van der Waals surface area contributed by atoms with Crippen LogP contribution in [0.1, 0.15) is 40.7 Å². The number of aliphatic carboxylic acids is 1. The largest absolute Gasteiger partial charge is 0.481 e. The van der Waals surface area contributed by atoms with Gasteiger partial charge in [0, 0.05) is 11.5 Å². The quantitative estimate of drug-likeness (QED) is 0.834. The van der Waals surface area contributed by atoms with Crippen molar-refractivity contribution in [2.75, 3.05) is 0 Å². The van der Waals surface area contributed by atoms with E-state index in [1.54, 1.807) is 0 Å². The van der Waals surface area contributed by atoms with Crippen LogP contribution in [-0.4, -0.2) is 16.9 Å². The first-order valence-electron chi connectivity index (χ1n) is 6.35. The molecule has 1 aromatic rings. The number of aryl methyl sites for hydroxylation is 2. The average Bonchev–Trinajstić information content (AvgIpc) is 2.81. The van der Waals surface area contributed by atoms with Gasteiger partial charge in [-0.05, 0) is 43.9 Å². The lowest BCUT2D eigenvalue weighted by molar-refractivity contribution is -0.142. The molecule has 1 aromatic carbocycles. The van der Waals surface area contributed by atoms with E-state index in [4.69, 9.17) is 5.11 Å². The third-order valence-electron chi connectivity index (χ3n) is 3.96. The molecular formula is C15H18O3. The number of ketones is 1. The maximum Gasteiger partial charge on any atom is 0.307 e. The van der Waals surface area contributed by atoms with Gasteiger partial charge < -0.3 is 5.11 Å². The molecule has 2 rings (SSSR count). The van der Waals surface area contributed by atoms with Gasteiger partial charge in [-0.1, -0.05) is 18.6 Å². The molecule has 1 N–H and O–H groups in total. The first kappa shape index (κ1) is 12.8. The van der Waals surface area contributed by atoms with Gasteiger partial charge >= 0.3 is 5.97 Å². The summed E-state index contributed by atoms with van der Waals surface area (Å²) >= 11 is 0. The van der Waals surface area contributed by atoms with Gasteiger partial charge in [-0.2, -0.15) is 0 Å². The van der Waals surface area contributed by atoms with Crippen LogP contribution in [0, 0.1) is 25.7 Å². The van der Waals surface area contributed by atoms with Crippen molar-refractivity contribution >= 4 is 11.8 Å². The number of carboxylic acid groups (broad SMARTS) is 1. The summed E-state index contributed by atoms with van der Waals surface area (Å²) in [5.41, 5.74) is 2.87. The van der Waals surface area contributed by atoms with Crippen LogP contribution >= 0.6 is 0 Å². The van der Waals surface area contributed by atoms with E-state index in [2.05, 4.69) is 0 Å². The van der Waals surface area contributed by atoms with E-state index in [-0.39, 0.29) is 11.7 Å². The highest BCUT2D eigenvalue weighted by Gasteiger charge is 2.37. The minimum atomic E-state index is -0.838. The Kier molecular flexibility index (Phi) is 3.50. The van der Waals surface area contributed by atoms with E-state index < -0.39 is 11.9 Å². The van der Waals surface area contributed by atoms with E-state index in [1.165, 1.54) is 0 Å². The van der Waals surface area contributed by atoms with Gasteiger partial charge in [-0.25, -0.2) is 0 Å². The van der Waals surface area contributed by atoms with Crippen molar-refractivity contribution < 1.29 is 14.7 Å². The van der Waals surface area contributed by atoms with Crippen molar-refractivity contribution in [1.82, 2.24) is 0 Å². The van der Waals surface area contributed by atoms with Crippen LogP contribution in [0.4, 0.5) is 0 Å². The third-order valence-corrected chi connectivity index (χ3v) is 3.96. The van der Waals surface area contributed by atoms with Gasteiger partial charge in [0.1, 0.15) is 0 Å². The van der Waals surface area contributed by atoms with Crippen molar-refractivity contribution in [3.8, 4) is 0 Å². The summed E-state index contributed by atoms with van der Waals surface area (Å²) < 4.78 is 0. The van der Waals surface area contributed by atoms with Gasteiger partial charge in [0.15, 0.2) is 5.78 Å². The molecule has 2 unspecified atom stereocenters. The minimum absolute atomic E-state index is 0.0111. The summed E-state index contributed by atoms with van der Waals surface area (Å²) in [7, 11) is 0. The molecule has 1 fully saturated rings. The number of carbonyl (C=O) groups is 2. The summed E-state index contributed by atoms with van der Waals surface area (Å²) in [5.74, 6) is -1.69.